The maximum atomic E-state index is 12.6. The fourth-order valence-electron chi connectivity index (χ4n) is 3.65. The van der Waals surface area contributed by atoms with Crippen LogP contribution in [0.25, 0.3) is 0 Å². The van der Waals surface area contributed by atoms with Crippen molar-refractivity contribution in [3.63, 3.8) is 0 Å². The molecule has 0 fully saturated rings. The van der Waals surface area contributed by atoms with Crippen LogP contribution in [0.2, 0.25) is 0 Å². The van der Waals surface area contributed by atoms with Gasteiger partial charge in [0.2, 0.25) is 0 Å². The minimum absolute atomic E-state index is 0.0685. The van der Waals surface area contributed by atoms with E-state index in [4.69, 9.17) is 9.47 Å². The number of esters is 2. The van der Waals surface area contributed by atoms with Gasteiger partial charge in [-0.25, -0.2) is 4.79 Å². The molecule has 0 aliphatic carbocycles. The van der Waals surface area contributed by atoms with Crippen molar-refractivity contribution >= 4 is 23.5 Å². The van der Waals surface area contributed by atoms with Crippen LogP contribution in [0.15, 0.2) is 30.3 Å². The molecule has 1 aliphatic rings. The van der Waals surface area contributed by atoms with Gasteiger partial charge < -0.3 is 18.9 Å². The molecule has 0 atom stereocenters. The highest BCUT2D eigenvalue weighted by molar-refractivity contribution is 5.96. The van der Waals surface area contributed by atoms with Gasteiger partial charge in [-0.05, 0) is 51.3 Å². The van der Waals surface area contributed by atoms with Crippen LogP contribution in [-0.4, -0.2) is 42.2 Å². The largest absolute Gasteiger partial charge is 0.462 e. The van der Waals surface area contributed by atoms with Crippen molar-refractivity contribution in [3.05, 3.63) is 52.8 Å². The number of hydrogen-bond acceptors (Lipinski definition) is 5. The molecule has 0 spiro atoms. The Hall–Kier alpha value is -3.09. The summed E-state index contributed by atoms with van der Waals surface area (Å²) in [5.41, 5.74) is 3.82. The molecule has 2 aromatic rings. The van der Waals surface area contributed by atoms with Crippen LogP contribution in [0.5, 0.6) is 0 Å². The second kappa shape index (κ2) is 8.94. The SMILES string of the molecule is CCOC(=O)c1cc(C)n(CC(=O)OCC(=O)N2CCCc3ccccc32)c1C. The number of carbonyl (C=O) groups is 3. The molecule has 7 nitrogen and oxygen atoms in total. The summed E-state index contributed by atoms with van der Waals surface area (Å²) in [6.45, 7) is 5.82. The van der Waals surface area contributed by atoms with Crippen LogP contribution in [0.4, 0.5) is 5.69 Å². The molecule has 0 radical (unpaired) electrons. The Morgan fingerprint density at radius 1 is 1.10 bits per heavy atom. The van der Waals surface area contributed by atoms with E-state index >= 15 is 0 Å². The molecule has 1 aromatic heterocycles. The lowest BCUT2D eigenvalue weighted by Gasteiger charge is -2.29. The van der Waals surface area contributed by atoms with Crippen molar-refractivity contribution in [2.75, 3.05) is 24.7 Å². The Kier molecular flexibility index (Phi) is 6.36. The first-order valence-electron chi connectivity index (χ1n) is 9.80. The number of anilines is 1. The van der Waals surface area contributed by atoms with Crippen LogP contribution in [0, 0.1) is 13.8 Å². The average molecular weight is 398 g/mol. The zero-order valence-corrected chi connectivity index (χ0v) is 17.1. The quantitative estimate of drug-likeness (QED) is 0.700. The Morgan fingerprint density at radius 2 is 1.86 bits per heavy atom. The number of carbonyl (C=O) groups excluding carboxylic acids is 3. The van der Waals surface area contributed by atoms with Crippen molar-refractivity contribution < 1.29 is 23.9 Å². The van der Waals surface area contributed by atoms with Gasteiger partial charge in [-0.15, -0.1) is 0 Å². The minimum atomic E-state index is -0.527. The number of hydrogen-bond donors (Lipinski definition) is 0. The molecule has 154 valence electrons. The first-order chi connectivity index (χ1) is 13.9. The van der Waals surface area contributed by atoms with Crippen LogP contribution in [0.1, 0.15) is 40.7 Å². The number of para-hydroxylation sites is 1. The molecule has 0 bridgehead atoms. The molecule has 1 aromatic carbocycles. The van der Waals surface area contributed by atoms with Gasteiger partial charge in [0.1, 0.15) is 6.54 Å². The molecular weight excluding hydrogens is 372 g/mol. The maximum Gasteiger partial charge on any atom is 0.339 e. The molecule has 2 heterocycles. The number of amides is 1. The van der Waals surface area contributed by atoms with E-state index in [2.05, 4.69) is 0 Å². The summed E-state index contributed by atoms with van der Waals surface area (Å²) in [7, 11) is 0. The standard InChI is InChI=1S/C22H26N2O5/c1-4-28-22(27)18-12-15(2)24(16(18)3)13-21(26)29-14-20(25)23-11-7-9-17-8-5-6-10-19(17)23/h5-6,8,10,12H,4,7,9,11,13-14H2,1-3H3. The summed E-state index contributed by atoms with van der Waals surface area (Å²) in [5.74, 6) is -1.18. The monoisotopic (exact) mass is 398 g/mol. The lowest BCUT2D eigenvalue weighted by Crippen LogP contribution is -2.38. The van der Waals surface area contributed by atoms with Gasteiger partial charge in [0.25, 0.3) is 5.91 Å². The summed E-state index contributed by atoms with van der Waals surface area (Å²) in [4.78, 5) is 38.6. The van der Waals surface area contributed by atoms with E-state index in [1.54, 1.807) is 36.3 Å². The normalized spacial score (nSPS) is 13.0. The van der Waals surface area contributed by atoms with Crippen molar-refractivity contribution in [2.45, 2.75) is 40.2 Å². The molecule has 7 heteroatoms. The lowest BCUT2D eigenvalue weighted by atomic mass is 10.0. The van der Waals surface area contributed by atoms with Gasteiger partial charge in [-0.3, -0.25) is 9.59 Å². The van der Waals surface area contributed by atoms with E-state index < -0.39 is 11.9 Å². The van der Waals surface area contributed by atoms with Crippen LogP contribution in [-0.2, 0) is 32.0 Å². The summed E-state index contributed by atoms with van der Waals surface area (Å²) < 4.78 is 12.0. The molecule has 1 aliphatic heterocycles. The smallest absolute Gasteiger partial charge is 0.339 e. The summed E-state index contributed by atoms with van der Waals surface area (Å²) in [6, 6.07) is 9.47. The third-order valence-corrected chi connectivity index (χ3v) is 5.12. The van der Waals surface area contributed by atoms with E-state index in [-0.39, 0.29) is 25.7 Å². The zero-order chi connectivity index (χ0) is 21.0. The van der Waals surface area contributed by atoms with Crippen LogP contribution >= 0.6 is 0 Å². The molecule has 0 saturated carbocycles. The Balaban J connectivity index is 1.61. The van der Waals surface area contributed by atoms with E-state index in [1.165, 1.54) is 0 Å². The van der Waals surface area contributed by atoms with Gasteiger partial charge in [0.05, 0.1) is 12.2 Å². The molecule has 0 N–H and O–H groups in total. The fraction of sp³-hybridized carbons (Fsp3) is 0.409. The molecule has 0 unspecified atom stereocenters. The fourth-order valence-corrected chi connectivity index (χ4v) is 3.65. The summed E-state index contributed by atoms with van der Waals surface area (Å²) >= 11 is 0. The third kappa shape index (κ3) is 4.50. The first-order valence-corrected chi connectivity index (χ1v) is 9.80. The predicted octanol–water partition coefficient (Wildman–Crippen LogP) is 2.80. The van der Waals surface area contributed by atoms with Gasteiger partial charge in [0, 0.05) is 23.6 Å². The number of ether oxygens (including phenoxy) is 2. The van der Waals surface area contributed by atoms with Gasteiger partial charge in [0.15, 0.2) is 6.61 Å². The van der Waals surface area contributed by atoms with E-state index in [9.17, 15) is 14.4 Å². The zero-order valence-electron chi connectivity index (χ0n) is 17.1. The van der Waals surface area contributed by atoms with Gasteiger partial charge >= 0.3 is 11.9 Å². The average Bonchev–Trinajstić information content (AvgIpc) is 3.00. The van der Waals surface area contributed by atoms with Crippen LogP contribution < -0.4 is 4.90 Å². The molecule has 3 rings (SSSR count). The predicted molar refractivity (Wildman–Crippen MR) is 108 cm³/mol. The second-order valence-corrected chi connectivity index (χ2v) is 7.03. The van der Waals surface area contributed by atoms with Crippen molar-refractivity contribution in [2.24, 2.45) is 0 Å². The number of aromatic nitrogens is 1. The number of rotatable bonds is 6. The van der Waals surface area contributed by atoms with E-state index in [0.717, 1.165) is 29.8 Å². The number of aryl methyl sites for hydroxylation is 2. The highest BCUT2D eigenvalue weighted by atomic mass is 16.5. The second-order valence-electron chi connectivity index (χ2n) is 7.03. The summed E-state index contributed by atoms with van der Waals surface area (Å²) in [6.07, 6.45) is 1.82. The van der Waals surface area contributed by atoms with Crippen molar-refractivity contribution in [1.29, 1.82) is 0 Å². The minimum Gasteiger partial charge on any atom is -0.462 e. The van der Waals surface area contributed by atoms with Gasteiger partial charge in [-0.1, -0.05) is 18.2 Å². The van der Waals surface area contributed by atoms with Crippen molar-refractivity contribution in [1.82, 2.24) is 4.57 Å². The van der Waals surface area contributed by atoms with Crippen LogP contribution in [0.3, 0.4) is 0 Å². The highest BCUT2D eigenvalue weighted by Gasteiger charge is 2.24. The molecule has 0 saturated heterocycles. The molecular formula is C22H26N2O5. The van der Waals surface area contributed by atoms with E-state index in [1.807, 2.05) is 24.3 Å². The Labute approximate surface area is 170 Å². The Bertz CT molecular complexity index is 931. The number of benzene rings is 1. The lowest BCUT2D eigenvalue weighted by molar-refractivity contribution is -0.148. The first kappa shape index (κ1) is 20.6. The maximum absolute atomic E-state index is 12.6. The van der Waals surface area contributed by atoms with Crippen molar-refractivity contribution in [3.8, 4) is 0 Å². The topological polar surface area (TPSA) is 77.8 Å². The molecule has 29 heavy (non-hydrogen) atoms. The summed E-state index contributed by atoms with van der Waals surface area (Å²) in [5, 5.41) is 0. The Morgan fingerprint density at radius 3 is 2.62 bits per heavy atom. The van der Waals surface area contributed by atoms with Gasteiger partial charge in [-0.2, -0.15) is 0 Å². The highest BCUT2D eigenvalue weighted by Crippen LogP contribution is 2.26. The number of fused-ring (bicyclic) bond motifs is 1. The third-order valence-electron chi connectivity index (χ3n) is 5.12. The molecule has 1 amide bonds. The number of nitrogens with zero attached hydrogens (tertiary/aromatic N) is 2. The van der Waals surface area contributed by atoms with E-state index in [0.29, 0.717) is 17.8 Å².